The Morgan fingerprint density at radius 3 is 2.82 bits per heavy atom. The van der Waals surface area contributed by atoms with E-state index in [0.29, 0.717) is 12.1 Å². The Labute approximate surface area is 110 Å². The standard InChI is InChI=1S/C14H27NOS/c1-3-12(11-17-2)15-13-6-9-16-14(10-13)7-4-5-8-14/h12-13,15H,3-11H2,1-2H3. The van der Waals surface area contributed by atoms with Crippen LogP contribution in [0.1, 0.15) is 51.9 Å². The lowest BCUT2D eigenvalue weighted by Crippen LogP contribution is -2.49. The second kappa shape index (κ2) is 6.44. The summed E-state index contributed by atoms with van der Waals surface area (Å²) in [5, 5.41) is 3.86. The van der Waals surface area contributed by atoms with Gasteiger partial charge in [0.2, 0.25) is 0 Å². The van der Waals surface area contributed by atoms with E-state index in [2.05, 4.69) is 18.5 Å². The molecule has 2 rings (SSSR count). The molecular formula is C14H27NOS. The fourth-order valence-corrected chi connectivity index (χ4v) is 4.09. The third-order valence-corrected chi connectivity index (χ3v) is 5.08. The molecule has 2 fully saturated rings. The summed E-state index contributed by atoms with van der Waals surface area (Å²) in [5.41, 5.74) is 0.258. The summed E-state index contributed by atoms with van der Waals surface area (Å²) in [7, 11) is 0. The van der Waals surface area contributed by atoms with E-state index in [1.165, 1.54) is 50.7 Å². The van der Waals surface area contributed by atoms with Gasteiger partial charge in [0.1, 0.15) is 0 Å². The van der Waals surface area contributed by atoms with Crippen LogP contribution in [0.2, 0.25) is 0 Å². The summed E-state index contributed by atoms with van der Waals surface area (Å²) in [6.45, 7) is 3.26. The van der Waals surface area contributed by atoms with Crippen LogP contribution < -0.4 is 5.32 Å². The van der Waals surface area contributed by atoms with Crippen molar-refractivity contribution in [2.24, 2.45) is 0 Å². The molecule has 2 atom stereocenters. The van der Waals surface area contributed by atoms with E-state index in [9.17, 15) is 0 Å². The number of rotatable bonds is 5. The van der Waals surface area contributed by atoms with Crippen LogP contribution in [-0.4, -0.2) is 36.3 Å². The lowest BCUT2D eigenvalue weighted by Gasteiger charge is -2.40. The predicted molar refractivity (Wildman–Crippen MR) is 75.8 cm³/mol. The maximum absolute atomic E-state index is 6.09. The highest BCUT2D eigenvalue weighted by atomic mass is 32.2. The van der Waals surface area contributed by atoms with E-state index in [4.69, 9.17) is 4.74 Å². The summed E-state index contributed by atoms with van der Waals surface area (Å²) in [5.74, 6) is 1.24. The molecule has 0 amide bonds. The zero-order valence-electron chi connectivity index (χ0n) is 11.3. The molecule has 0 aromatic carbocycles. The van der Waals surface area contributed by atoms with Gasteiger partial charge >= 0.3 is 0 Å². The lowest BCUT2D eigenvalue weighted by molar-refractivity contribution is -0.0845. The molecule has 1 heterocycles. The number of hydrogen-bond donors (Lipinski definition) is 1. The van der Waals surface area contributed by atoms with Crippen LogP contribution in [0, 0.1) is 0 Å². The zero-order valence-corrected chi connectivity index (χ0v) is 12.2. The van der Waals surface area contributed by atoms with E-state index in [1.54, 1.807) is 0 Å². The molecule has 3 heteroatoms. The third-order valence-electron chi connectivity index (χ3n) is 4.34. The molecule has 2 aliphatic rings. The highest BCUT2D eigenvalue weighted by molar-refractivity contribution is 7.98. The van der Waals surface area contributed by atoms with Crippen LogP contribution in [0.5, 0.6) is 0 Å². The molecule has 1 aliphatic heterocycles. The molecule has 100 valence electrons. The van der Waals surface area contributed by atoms with Gasteiger partial charge in [0.15, 0.2) is 0 Å². The molecule has 1 saturated carbocycles. The highest BCUT2D eigenvalue weighted by Crippen LogP contribution is 2.40. The van der Waals surface area contributed by atoms with Gasteiger partial charge in [-0.3, -0.25) is 0 Å². The molecular weight excluding hydrogens is 230 g/mol. The molecule has 0 aromatic rings. The van der Waals surface area contributed by atoms with E-state index in [0.717, 1.165) is 6.61 Å². The van der Waals surface area contributed by atoms with Gasteiger partial charge < -0.3 is 10.1 Å². The smallest absolute Gasteiger partial charge is 0.0697 e. The summed E-state index contributed by atoms with van der Waals surface area (Å²) < 4.78 is 6.09. The van der Waals surface area contributed by atoms with Crippen molar-refractivity contribution in [1.29, 1.82) is 0 Å². The van der Waals surface area contributed by atoms with Gasteiger partial charge in [0, 0.05) is 24.4 Å². The van der Waals surface area contributed by atoms with Gasteiger partial charge in [-0.15, -0.1) is 0 Å². The van der Waals surface area contributed by atoms with Gasteiger partial charge in [-0.25, -0.2) is 0 Å². The SMILES string of the molecule is CCC(CSC)NC1CCOC2(CCCC2)C1. The lowest BCUT2D eigenvalue weighted by atomic mass is 9.88. The Hall–Kier alpha value is 0.270. The molecule has 0 aromatic heterocycles. The summed E-state index contributed by atoms with van der Waals surface area (Å²) >= 11 is 1.95. The molecule has 1 aliphatic carbocycles. The predicted octanol–water partition coefficient (Wildman–Crippen LogP) is 3.21. The van der Waals surface area contributed by atoms with Crippen LogP contribution >= 0.6 is 11.8 Å². The topological polar surface area (TPSA) is 21.3 Å². The molecule has 2 nitrogen and oxygen atoms in total. The van der Waals surface area contributed by atoms with Gasteiger partial charge in [0.05, 0.1) is 5.60 Å². The largest absolute Gasteiger partial charge is 0.375 e. The first-order chi connectivity index (χ1) is 8.28. The molecule has 1 saturated heterocycles. The van der Waals surface area contributed by atoms with Gasteiger partial charge in [-0.1, -0.05) is 19.8 Å². The first kappa shape index (κ1) is 13.7. The maximum Gasteiger partial charge on any atom is 0.0697 e. The van der Waals surface area contributed by atoms with Crippen molar-refractivity contribution >= 4 is 11.8 Å². The molecule has 1 spiro atoms. The van der Waals surface area contributed by atoms with Crippen LogP contribution in [-0.2, 0) is 4.74 Å². The minimum Gasteiger partial charge on any atom is -0.375 e. The van der Waals surface area contributed by atoms with Crippen LogP contribution in [0.3, 0.4) is 0 Å². The van der Waals surface area contributed by atoms with Crippen molar-refractivity contribution in [1.82, 2.24) is 5.32 Å². The average molecular weight is 257 g/mol. The first-order valence-electron chi connectivity index (χ1n) is 7.17. The van der Waals surface area contributed by atoms with Crippen molar-refractivity contribution in [3.63, 3.8) is 0 Å². The van der Waals surface area contributed by atoms with E-state index >= 15 is 0 Å². The minimum atomic E-state index is 0.258. The Bertz CT molecular complexity index is 228. The van der Waals surface area contributed by atoms with Crippen LogP contribution in [0.25, 0.3) is 0 Å². The monoisotopic (exact) mass is 257 g/mol. The van der Waals surface area contributed by atoms with Gasteiger partial charge in [-0.2, -0.15) is 11.8 Å². The maximum atomic E-state index is 6.09. The summed E-state index contributed by atoms with van der Waals surface area (Å²) in [4.78, 5) is 0. The second-order valence-corrected chi connectivity index (χ2v) is 6.57. The van der Waals surface area contributed by atoms with Gasteiger partial charge in [0.25, 0.3) is 0 Å². The van der Waals surface area contributed by atoms with Crippen LogP contribution in [0.15, 0.2) is 0 Å². The van der Waals surface area contributed by atoms with Crippen LogP contribution in [0.4, 0.5) is 0 Å². The number of ether oxygens (including phenoxy) is 1. The number of thioether (sulfide) groups is 1. The van der Waals surface area contributed by atoms with Crippen molar-refractivity contribution in [2.75, 3.05) is 18.6 Å². The van der Waals surface area contributed by atoms with Crippen molar-refractivity contribution < 1.29 is 4.74 Å². The molecule has 0 radical (unpaired) electrons. The Balaban J connectivity index is 1.84. The average Bonchev–Trinajstić information content (AvgIpc) is 2.77. The molecule has 1 N–H and O–H groups in total. The number of nitrogens with one attached hydrogen (secondary N) is 1. The third kappa shape index (κ3) is 3.62. The molecule has 0 bridgehead atoms. The Morgan fingerprint density at radius 1 is 1.41 bits per heavy atom. The van der Waals surface area contributed by atoms with Crippen molar-refractivity contribution in [3.05, 3.63) is 0 Å². The quantitative estimate of drug-likeness (QED) is 0.817. The second-order valence-electron chi connectivity index (χ2n) is 5.66. The normalized spacial score (nSPS) is 29.6. The molecule has 17 heavy (non-hydrogen) atoms. The van der Waals surface area contributed by atoms with E-state index < -0.39 is 0 Å². The van der Waals surface area contributed by atoms with E-state index in [1.807, 2.05) is 11.8 Å². The molecule has 2 unspecified atom stereocenters. The fourth-order valence-electron chi connectivity index (χ4n) is 3.36. The Morgan fingerprint density at radius 2 is 2.18 bits per heavy atom. The van der Waals surface area contributed by atoms with E-state index in [-0.39, 0.29) is 5.60 Å². The Kier molecular flexibility index (Phi) is 5.19. The van der Waals surface area contributed by atoms with Crippen molar-refractivity contribution in [3.8, 4) is 0 Å². The highest BCUT2D eigenvalue weighted by Gasteiger charge is 2.40. The number of hydrogen-bond acceptors (Lipinski definition) is 3. The minimum absolute atomic E-state index is 0.258. The fraction of sp³-hybridized carbons (Fsp3) is 1.00. The van der Waals surface area contributed by atoms with Crippen molar-refractivity contribution in [2.45, 2.75) is 69.6 Å². The summed E-state index contributed by atoms with van der Waals surface area (Å²) in [6.07, 6.45) is 11.2. The zero-order chi connectivity index (χ0) is 12.1. The first-order valence-corrected chi connectivity index (χ1v) is 8.56. The van der Waals surface area contributed by atoms with Gasteiger partial charge in [-0.05, 0) is 38.4 Å². The summed E-state index contributed by atoms with van der Waals surface area (Å²) in [6, 6.07) is 1.38.